The van der Waals surface area contributed by atoms with Gasteiger partial charge in [0, 0.05) is 11.7 Å². The van der Waals surface area contributed by atoms with Gasteiger partial charge in [0.15, 0.2) is 6.17 Å². The molecule has 2 N–H and O–H groups in total. The normalized spacial score (nSPS) is 42.1. The molecular weight excluding hydrogens is 329 g/mol. The summed E-state index contributed by atoms with van der Waals surface area (Å²) < 4.78 is 14.0. The van der Waals surface area contributed by atoms with Crippen LogP contribution < -0.4 is 10.6 Å². The van der Waals surface area contributed by atoms with E-state index in [1.54, 1.807) is 17.2 Å². The summed E-state index contributed by atoms with van der Waals surface area (Å²) in [6, 6.07) is 0. The van der Waals surface area contributed by atoms with Gasteiger partial charge in [0.2, 0.25) is 0 Å². The molecule has 0 aromatic rings. The third-order valence-corrected chi connectivity index (χ3v) is 6.69. The van der Waals surface area contributed by atoms with E-state index in [0.29, 0.717) is 0 Å². The van der Waals surface area contributed by atoms with Crippen LogP contribution in [0.15, 0.2) is 35.0 Å². The minimum atomic E-state index is -0.670. The van der Waals surface area contributed by atoms with Crippen LogP contribution >= 0.6 is 11.6 Å². The molecule has 6 aliphatic rings. The van der Waals surface area contributed by atoms with E-state index in [4.69, 9.17) is 11.6 Å². The maximum Gasteiger partial charge on any atom is 0.264 e. The summed E-state index contributed by atoms with van der Waals surface area (Å²) in [5, 5.41) is 6.46. The van der Waals surface area contributed by atoms with Crippen molar-refractivity contribution in [3.8, 4) is 0 Å². The van der Waals surface area contributed by atoms with Gasteiger partial charge in [-0.15, -0.1) is 0 Å². The minimum absolute atomic E-state index is 0.0589. The second kappa shape index (κ2) is 5.01. The Morgan fingerprint density at radius 3 is 2.50 bits per heavy atom. The summed E-state index contributed by atoms with van der Waals surface area (Å²) >= 11 is 6.13. The molecule has 24 heavy (non-hydrogen) atoms. The lowest BCUT2D eigenvalue weighted by Crippen LogP contribution is -2.63. The summed E-state index contributed by atoms with van der Waals surface area (Å²) in [6.07, 6.45) is 11.3. The van der Waals surface area contributed by atoms with Crippen molar-refractivity contribution in [3.05, 3.63) is 35.0 Å². The first-order valence-corrected chi connectivity index (χ1v) is 9.22. The van der Waals surface area contributed by atoms with E-state index >= 15 is 0 Å². The summed E-state index contributed by atoms with van der Waals surface area (Å²) in [4.78, 5) is 14.6. The molecule has 4 bridgehead atoms. The number of amides is 1. The minimum Gasteiger partial charge on any atom is -0.347 e. The van der Waals surface area contributed by atoms with Crippen LogP contribution in [0.1, 0.15) is 38.5 Å². The fourth-order valence-electron chi connectivity index (χ4n) is 5.97. The monoisotopic (exact) mass is 349 g/mol. The largest absolute Gasteiger partial charge is 0.347 e. The van der Waals surface area contributed by atoms with E-state index in [1.807, 2.05) is 0 Å². The van der Waals surface area contributed by atoms with E-state index in [2.05, 4.69) is 10.6 Å². The first-order valence-electron chi connectivity index (χ1n) is 8.84. The number of carbonyl (C=O) groups is 1. The molecule has 0 aromatic carbocycles. The number of carbonyl (C=O) groups excluding carboxylic acids is 1. The third-order valence-electron chi connectivity index (χ3n) is 6.40. The van der Waals surface area contributed by atoms with Crippen LogP contribution in [0.4, 0.5) is 4.39 Å². The van der Waals surface area contributed by atoms with Crippen LogP contribution in [0.25, 0.3) is 0 Å². The van der Waals surface area contributed by atoms with Crippen LogP contribution in [0.2, 0.25) is 0 Å². The SMILES string of the molecule is O=C(NC12CC3CC(CC(C3)C1)C2)C1NC(Cl)=C2C(F)=CC=CN21. The molecule has 128 valence electrons. The van der Waals surface area contributed by atoms with Crippen molar-refractivity contribution in [1.82, 2.24) is 15.5 Å². The quantitative estimate of drug-likeness (QED) is 0.753. The van der Waals surface area contributed by atoms with Gasteiger partial charge in [0.05, 0.1) is 0 Å². The smallest absolute Gasteiger partial charge is 0.264 e. The second-order valence-electron chi connectivity index (χ2n) is 8.16. The standard InChI is InChI=1S/C18H21ClFN3O/c19-15-14-13(20)2-1-3-23(14)16(21-15)17(24)22-18-7-10-4-11(8-18)6-12(5-10)9-18/h1-3,10-12,16,21H,4-9H2,(H,22,24). The van der Waals surface area contributed by atoms with Crippen LogP contribution in [0.3, 0.4) is 0 Å². The maximum atomic E-state index is 14.0. The number of rotatable bonds is 2. The summed E-state index contributed by atoms with van der Waals surface area (Å²) in [7, 11) is 0. The second-order valence-corrected chi connectivity index (χ2v) is 8.54. The molecule has 0 radical (unpaired) electrons. The third kappa shape index (κ3) is 2.13. The highest BCUT2D eigenvalue weighted by atomic mass is 35.5. The molecule has 4 saturated carbocycles. The highest BCUT2D eigenvalue weighted by Crippen LogP contribution is 2.55. The molecular formula is C18H21ClFN3O. The Balaban J connectivity index is 1.35. The molecule has 6 heteroatoms. The number of fused-ring (bicyclic) bond motifs is 1. The molecule has 1 atom stereocenters. The summed E-state index contributed by atoms with van der Waals surface area (Å²) in [5.74, 6) is 1.77. The lowest BCUT2D eigenvalue weighted by Gasteiger charge is -2.57. The van der Waals surface area contributed by atoms with Crippen molar-refractivity contribution < 1.29 is 9.18 Å². The van der Waals surface area contributed by atoms with Crippen molar-refractivity contribution in [2.45, 2.75) is 50.2 Å². The van der Waals surface area contributed by atoms with Crippen molar-refractivity contribution in [3.63, 3.8) is 0 Å². The zero-order valence-corrected chi connectivity index (χ0v) is 14.2. The molecule has 4 nitrogen and oxygen atoms in total. The predicted molar refractivity (Wildman–Crippen MR) is 89.0 cm³/mol. The summed E-state index contributed by atoms with van der Waals surface area (Å²) in [6.45, 7) is 0. The van der Waals surface area contributed by atoms with Gasteiger partial charge in [0.1, 0.15) is 16.7 Å². The van der Waals surface area contributed by atoms with Crippen molar-refractivity contribution in [2.24, 2.45) is 17.8 Å². The Morgan fingerprint density at radius 1 is 1.25 bits per heavy atom. The average molecular weight is 350 g/mol. The lowest BCUT2D eigenvalue weighted by atomic mass is 9.53. The van der Waals surface area contributed by atoms with Crippen molar-refractivity contribution in [1.29, 1.82) is 0 Å². The Morgan fingerprint density at radius 2 is 1.88 bits per heavy atom. The molecule has 2 aliphatic heterocycles. The van der Waals surface area contributed by atoms with E-state index in [9.17, 15) is 9.18 Å². The Labute approximate surface area is 145 Å². The first-order chi connectivity index (χ1) is 11.5. The van der Waals surface area contributed by atoms with Gasteiger partial charge in [-0.2, -0.15) is 0 Å². The van der Waals surface area contributed by atoms with Crippen LogP contribution in [0, 0.1) is 17.8 Å². The molecule has 0 spiro atoms. The van der Waals surface area contributed by atoms with Crippen LogP contribution in [0.5, 0.6) is 0 Å². The van der Waals surface area contributed by atoms with E-state index in [-0.39, 0.29) is 22.3 Å². The number of hydrogen-bond donors (Lipinski definition) is 2. The highest BCUT2D eigenvalue weighted by molar-refractivity contribution is 6.30. The lowest BCUT2D eigenvalue weighted by molar-refractivity contribution is -0.131. The average Bonchev–Trinajstić information content (AvgIpc) is 2.84. The van der Waals surface area contributed by atoms with Crippen LogP contribution in [-0.2, 0) is 4.79 Å². The van der Waals surface area contributed by atoms with E-state index < -0.39 is 12.0 Å². The molecule has 4 aliphatic carbocycles. The van der Waals surface area contributed by atoms with Crippen molar-refractivity contribution in [2.75, 3.05) is 0 Å². The Hall–Kier alpha value is -1.49. The maximum absolute atomic E-state index is 14.0. The number of hydrogen-bond acceptors (Lipinski definition) is 3. The molecule has 0 saturated heterocycles. The zero-order valence-electron chi connectivity index (χ0n) is 13.4. The fraction of sp³-hybridized carbons (Fsp3) is 0.611. The molecule has 6 rings (SSSR count). The van der Waals surface area contributed by atoms with Crippen LogP contribution in [-0.4, -0.2) is 22.5 Å². The zero-order chi connectivity index (χ0) is 16.5. The molecule has 4 fully saturated rings. The van der Waals surface area contributed by atoms with Gasteiger partial charge in [0.25, 0.3) is 5.91 Å². The Bertz CT molecular complexity index is 663. The van der Waals surface area contributed by atoms with Crippen molar-refractivity contribution >= 4 is 17.5 Å². The van der Waals surface area contributed by atoms with Gasteiger partial charge in [-0.3, -0.25) is 4.79 Å². The topological polar surface area (TPSA) is 44.4 Å². The number of allylic oxidation sites excluding steroid dienone is 3. The van der Waals surface area contributed by atoms with E-state index in [0.717, 1.165) is 37.0 Å². The molecule has 0 aromatic heterocycles. The number of nitrogens with zero attached hydrogens (tertiary/aromatic N) is 1. The van der Waals surface area contributed by atoms with E-state index in [1.165, 1.54) is 25.3 Å². The first kappa shape index (κ1) is 14.8. The number of nitrogens with one attached hydrogen (secondary N) is 2. The van der Waals surface area contributed by atoms with Gasteiger partial charge >= 0.3 is 0 Å². The summed E-state index contributed by atoms with van der Waals surface area (Å²) in [5.41, 5.74) is 0.196. The van der Waals surface area contributed by atoms with Gasteiger partial charge in [-0.25, -0.2) is 4.39 Å². The predicted octanol–water partition coefficient (Wildman–Crippen LogP) is 3.09. The number of halogens is 2. The van der Waals surface area contributed by atoms with Gasteiger partial charge < -0.3 is 15.5 Å². The molecule has 1 amide bonds. The molecule has 2 heterocycles. The molecule has 1 unspecified atom stereocenters. The highest BCUT2D eigenvalue weighted by Gasteiger charge is 2.52. The van der Waals surface area contributed by atoms with Gasteiger partial charge in [-0.1, -0.05) is 11.6 Å². The van der Waals surface area contributed by atoms with Gasteiger partial charge in [-0.05, 0) is 68.4 Å². The fourth-order valence-corrected chi connectivity index (χ4v) is 6.26. The Kier molecular flexibility index (Phi) is 3.09.